The van der Waals surface area contributed by atoms with Crippen LogP contribution in [0.2, 0.25) is 0 Å². The average molecular weight is 385 g/mol. The minimum Gasteiger partial charge on any atom is -0.490 e. The van der Waals surface area contributed by atoms with Gasteiger partial charge in [0.25, 0.3) is 0 Å². The number of guanidine groups is 1. The molecule has 3 fully saturated rings. The highest BCUT2D eigenvalue weighted by Gasteiger charge is 2.27. The molecule has 0 aromatic heterocycles. The minimum absolute atomic E-state index is 0.406. The van der Waals surface area contributed by atoms with Crippen molar-refractivity contribution in [2.75, 3.05) is 20.1 Å². The summed E-state index contributed by atoms with van der Waals surface area (Å²) in [7, 11) is 1.86. The standard InChI is InChI=1S/C23H36N4O/c1-24-23(26-19-13-15-27(16-14-19)20-8-3-4-9-20)25-17-18-7-2-5-12-22(18)28-21-10-6-11-21/h2,5,7,12,19-21H,3-4,6,8-11,13-17H2,1H3,(H2,24,25,26). The molecule has 1 heterocycles. The van der Waals surface area contributed by atoms with Crippen molar-refractivity contribution >= 4 is 5.96 Å². The Hall–Kier alpha value is -1.75. The molecule has 1 aliphatic heterocycles. The van der Waals surface area contributed by atoms with Gasteiger partial charge in [0.2, 0.25) is 0 Å². The number of benzene rings is 1. The van der Waals surface area contributed by atoms with Gasteiger partial charge in [-0.05, 0) is 51.0 Å². The van der Waals surface area contributed by atoms with Gasteiger partial charge < -0.3 is 20.3 Å². The lowest BCUT2D eigenvalue weighted by Gasteiger charge is -2.36. The third-order valence-electron chi connectivity index (χ3n) is 6.70. The summed E-state index contributed by atoms with van der Waals surface area (Å²) >= 11 is 0. The van der Waals surface area contributed by atoms with Crippen LogP contribution < -0.4 is 15.4 Å². The van der Waals surface area contributed by atoms with Crippen molar-refractivity contribution in [2.24, 2.45) is 4.99 Å². The number of nitrogens with one attached hydrogen (secondary N) is 2. The van der Waals surface area contributed by atoms with Gasteiger partial charge in [0.15, 0.2) is 5.96 Å². The van der Waals surface area contributed by atoms with Crippen LogP contribution in [0.3, 0.4) is 0 Å². The van der Waals surface area contributed by atoms with E-state index in [9.17, 15) is 0 Å². The molecule has 28 heavy (non-hydrogen) atoms. The van der Waals surface area contributed by atoms with E-state index in [-0.39, 0.29) is 0 Å². The van der Waals surface area contributed by atoms with Crippen LogP contribution in [0.1, 0.15) is 63.4 Å². The van der Waals surface area contributed by atoms with Gasteiger partial charge in [-0.15, -0.1) is 0 Å². The monoisotopic (exact) mass is 384 g/mol. The summed E-state index contributed by atoms with van der Waals surface area (Å²) in [6.45, 7) is 3.18. The molecule has 3 aliphatic rings. The van der Waals surface area contributed by atoms with Crippen molar-refractivity contribution in [3.8, 4) is 5.75 Å². The van der Waals surface area contributed by atoms with Crippen molar-refractivity contribution in [2.45, 2.75) is 82.5 Å². The first kappa shape index (κ1) is 19.6. The molecular formula is C23H36N4O. The Morgan fingerprint density at radius 1 is 1.04 bits per heavy atom. The van der Waals surface area contributed by atoms with E-state index < -0.39 is 0 Å². The zero-order chi connectivity index (χ0) is 19.2. The van der Waals surface area contributed by atoms with Gasteiger partial charge in [0, 0.05) is 44.3 Å². The maximum Gasteiger partial charge on any atom is 0.191 e. The number of para-hydroxylation sites is 1. The summed E-state index contributed by atoms with van der Waals surface area (Å²) in [5.74, 6) is 1.91. The van der Waals surface area contributed by atoms with Crippen LogP contribution >= 0.6 is 0 Å². The van der Waals surface area contributed by atoms with Crippen LogP contribution in [0, 0.1) is 0 Å². The van der Waals surface area contributed by atoms with E-state index in [2.05, 4.69) is 44.8 Å². The predicted octanol–water partition coefficient (Wildman–Crippen LogP) is 3.69. The molecular weight excluding hydrogens is 348 g/mol. The smallest absolute Gasteiger partial charge is 0.191 e. The van der Waals surface area contributed by atoms with Gasteiger partial charge in [-0.25, -0.2) is 0 Å². The third-order valence-corrected chi connectivity index (χ3v) is 6.70. The van der Waals surface area contributed by atoms with Crippen LogP contribution in [0.15, 0.2) is 29.3 Å². The fourth-order valence-corrected chi connectivity index (χ4v) is 4.68. The van der Waals surface area contributed by atoms with Gasteiger partial charge >= 0.3 is 0 Å². The second-order valence-corrected chi connectivity index (χ2v) is 8.60. The zero-order valence-electron chi connectivity index (χ0n) is 17.3. The molecule has 1 saturated heterocycles. The normalized spacial score (nSPS) is 22.8. The van der Waals surface area contributed by atoms with E-state index in [0.29, 0.717) is 12.1 Å². The van der Waals surface area contributed by atoms with Crippen LogP contribution in [0.5, 0.6) is 5.75 Å². The number of ether oxygens (including phenoxy) is 1. The molecule has 0 atom stereocenters. The summed E-state index contributed by atoms with van der Waals surface area (Å²) in [4.78, 5) is 7.17. The first-order chi connectivity index (χ1) is 13.8. The lowest BCUT2D eigenvalue weighted by atomic mass is 9.96. The summed E-state index contributed by atoms with van der Waals surface area (Å²) in [5.41, 5.74) is 1.20. The molecule has 0 radical (unpaired) electrons. The molecule has 0 spiro atoms. The van der Waals surface area contributed by atoms with E-state index >= 15 is 0 Å². The maximum atomic E-state index is 6.15. The van der Waals surface area contributed by atoms with Crippen molar-refractivity contribution in [1.82, 2.24) is 15.5 Å². The van der Waals surface area contributed by atoms with Gasteiger partial charge in [-0.2, -0.15) is 0 Å². The zero-order valence-corrected chi connectivity index (χ0v) is 17.3. The molecule has 1 aromatic rings. The highest BCUT2D eigenvalue weighted by molar-refractivity contribution is 5.80. The Bertz CT molecular complexity index is 644. The SMILES string of the molecule is CN=C(NCc1ccccc1OC1CCC1)NC1CCN(C2CCCC2)CC1. The van der Waals surface area contributed by atoms with Crippen molar-refractivity contribution in [1.29, 1.82) is 0 Å². The average Bonchev–Trinajstić information content (AvgIpc) is 3.24. The first-order valence-electron chi connectivity index (χ1n) is 11.3. The van der Waals surface area contributed by atoms with Gasteiger partial charge in [-0.3, -0.25) is 4.99 Å². The van der Waals surface area contributed by atoms with Crippen LogP contribution in [-0.2, 0) is 6.54 Å². The Morgan fingerprint density at radius 2 is 1.79 bits per heavy atom. The number of aliphatic imine (C=N–C) groups is 1. The van der Waals surface area contributed by atoms with E-state index in [1.165, 1.54) is 76.4 Å². The second-order valence-electron chi connectivity index (χ2n) is 8.60. The summed E-state index contributed by atoms with van der Waals surface area (Å²) in [5, 5.41) is 7.14. The Balaban J connectivity index is 1.24. The second kappa shape index (κ2) is 9.64. The lowest BCUT2D eigenvalue weighted by molar-refractivity contribution is 0.119. The molecule has 2 aliphatic carbocycles. The highest BCUT2D eigenvalue weighted by atomic mass is 16.5. The van der Waals surface area contributed by atoms with E-state index in [4.69, 9.17) is 4.74 Å². The molecule has 154 valence electrons. The molecule has 2 saturated carbocycles. The Morgan fingerprint density at radius 3 is 2.46 bits per heavy atom. The number of nitrogens with zero attached hydrogens (tertiary/aromatic N) is 2. The predicted molar refractivity (Wildman–Crippen MR) is 115 cm³/mol. The number of likely N-dealkylation sites (tertiary alicyclic amines) is 1. The fraction of sp³-hybridized carbons (Fsp3) is 0.696. The number of piperidine rings is 1. The molecule has 5 heteroatoms. The number of rotatable bonds is 6. The number of hydrogen-bond acceptors (Lipinski definition) is 3. The Labute approximate surface area is 169 Å². The summed E-state index contributed by atoms with van der Waals surface area (Å²) in [6, 6.07) is 9.75. The first-order valence-corrected chi connectivity index (χ1v) is 11.3. The molecule has 4 rings (SSSR count). The minimum atomic E-state index is 0.406. The molecule has 1 aromatic carbocycles. The largest absolute Gasteiger partial charge is 0.490 e. The summed E-state index contributed by atoms with van der Waals surface area (Å²) < 4.78 is 6.15. The maximum absolute atomic E-state index is 6.15. The lowest BCUT2D eigenvalue weighted by Crippen LogP contribution is -2.50. The van der Waals surface area contributed by atoms with Crippen molar-refractivity contribution < 1.29 is 4.74 Å². The molecule has 0 bridgehead atoms. The molecule has 0 unspecified atom stereocenters. The van der Waals surface area contributed by atoms with Gasteiger partial charge in [0.1, 0.15) is 5.75 Å². The Kier molecular flexibility index (Phi) is 6.73. The highest BCUT2D eigenvalue weighted by Crippen LogP contribution is 2.28. The van der Waals surface area contributed by atoms with Crippen LogP contribution in [0.4, 0.5) is 0 Å². The van der Waals surface area contributed by atoms with Crippen LogP contribution in [-0.4, -0.2) is 49.2 Å². The topological polar surface area (TPSA) is 48.9 Å². The van der Waals surface area contributed by atoms with E-state index in [1.54, 1.807) is 0 Å². The van der Waals surface area contributed by atoms with E-state index in [1.807, 2.05) is 7.05 Å². The van der Waals surface area contributed by atoms with Gasteiger partial charge in [0.05, 0.1) is 6.10 Å². The number of hydrogen-bond donors (Lipinski definition) is 2. The fourth-order valence-electron chi connectivity index (χ4n) is 4.68. The van der Waals surface area contributed by atoms with Crippen molar-refractivity contribution in [3.63, 3.8) is 0 Å². The van der Waals surface area contributed by atoms with Gasteiger partial charge in [-0.1, -0.05) is 31.0 Å². The third kappa shape index (κ3) is 4.99. The molecule has 2 N–H and O–H groups in total. The summed E-state index contributed by atoms with van der Waals surface area (Å²) in [6.07, 6.45) is 12.1. The molecule has 0 amide bonds. The van der Waals surface area contributed by atoms with Crippen LogP contribution in [0.25, 0.3) is 0 Å². The van der Waals surface area contributed by atoms with Crippen molar-refractivity contribution in [3.05, 3.63) is 29.8 Å². The quantitative estimate of drug-likeness (QED) is 0.580. The molecule has 5 nitrogen and oxygen atoms in total. The van der Waals surface area contributed by atoms with E-state index in [0.717, 1.165) is 24.3 Å².